The van der Waals surface area contributed by atoms with Gasteiger partial charge in [-0.05, 0) is 43.9 Å². The first-order valence-corrected chi connectivity index (χ1v) is 13.0. The highest BCUT2D eigenvalue weighted by Crippen LogP contribution is 2.23. The third-order valence-electron chi connectivity index (χ3n) is 6.88. The predicted molar refractivity (Wildman–Crippen MR) is 143 cm³/mol. The molecule has 4 atom stereocenters. The third kappa shape index (κ3) is 7.77. The molecule has 1 saturated heterocycles. The Morgan fingerprint density at radius 3 is 2.49 bits per heavy atom. The Bertz CT molecular complexity index is 1200. The second-order valence-corrected chi connectivity index (χ2v) is 9.78. The first-order valence-electron chi connectivity index (χ1n) is 13.0. The Labute approximate surface area is 225 Å². The molecule has 13 heteroatoms. The molecule has 1 aromatic carbocycles. The van der Waals surface area contributed by atoms with Gasteiger partial charge in [0.1, 0.15) is 18.1 Å². The summed E-state index contributed by atoms with van der Waals surface area (Å²) in [4.78, 5) is 67.4. The van der Waals surface area contributed by atoms with Crippen molar-refractivity contribution in [3.63, 3.8) is 0 Å². The van der Waals surface area contributed by atoms with E-state index in [1.54, 1.807) is 6.20 Å². The fraction of sp³-hybridized carbons (Fsp3) is 0.500. The van der Waals surface area contributed by atoms with Gasteiger partial charge in [0.05, 0.1) is 12.5 Å². The molecule has 0 radical (unpaired) electrons. The number of likely N-dealkylation sites (tertiary alicyclic amines) is 1. The monoisotopic (exact) mass is 543 g/mol. The molecule has 1 aromatic heterocycles. The van der Waals surface area contributed by atoms with Gasteiger partial charge in [0, 0.05) is 30.1 Å². The van der Waals surface area contributed by atoms with Gasteiger partial charge in [0.25, 0.3) is 0 Å². The van der Waals surface area contributed by atoms with Crippen LogP contribution >= 0.6 is 0 Å². The van der Waals surface area contributed by atoms with Crippen LogP contribution in [0.3, 0.4) is 0 Å². The van der Waals surface area contributed by atoms with Crippen molar-refractivity contribution in [1.82, 2.24) is 20.5 Å². The minimum absolute atomic E-state index is 0.0489. The van der Waals surface area contributed by atoms with E-state index in [9.17, 15) is 29.1 Å². The van der Waals surface area contributed by atoms with E-state index in [1.807, 2.05) is 24.3 Å². The van der Waals surface area contributed by atoms with Crippen LogP contribution in [0, 0.1) is 0 Å². The number of carbonyl (C=O) groups is 5. The van der Waals surface area contributed by atoms with Gasteiger partial charge in [0.2, 0.25) is 23.6 Å². The second kappa shape index (κ2) is 13.7. The molecule has 4 unspecified atom stereocenters. The Morgan fingerprint density at radius 1 is 1.08 bits per heavy atom. The van der Waals surface area contributed by atoms with Crippen molar-refractivity contribution < 1.29 is 29.1 Å². The largest absolute Gasteiger partial charge is 0.480 e. The van der Waals surface area contributed by atoms with Crippen LogP contribution in [0.1, 0.15) is 44.1 Å². The Balaban J connectivity index is 1.83. The van der Waals surface area contributed by atoms with Crippen LogP contribution in [0.4, 0.5) is 0 Å². The smallest absolute Gasteiger partial charge is 0.326 e. The summed E-state index contributed by atoms with van der Waals surface area (Å²) >= 11 is 0. The van der Waals surface area contributed by atoms with Crippen molar-refractivity contribution in [3.05, 3.63) is 36.0 Å². The van der Waals surface area contributed by atoms with E-state index < -0.39 is 60.2 Å². The van der Waals surface area contributed by atoms with Gasteiger partial charge in [-0.15, -0.1) is 0 Å². The first-order chi connectivity index (χ1) is 18.6. The third-order valence-corrected chi connectivity index (χ3v) is 6.88. The zero-order valence-corrected chi connectivity index (χ0v) is 21.7. The van der Waals surface area contributed by atoms with Crippen LogP contribution in [0.25, 0.3) is 10.9 Å². The van der Waals surface area contributed by atoms with E-state index in [2.05, 4.69) is 15.6 Å². The van der Waals surface area contributed by atoms with E-state index in [0.29, 0.717) is 38.6 Å². The number of nitrogens with zero attached hydrogens (tertiary/aromatic N) is 1. The van der Waals surface area contributed by atoms with Crippen molar-refractivity contribution in [1.29, 1.82) is 0 Å². The zero-order valence-electron chi connectivity index (χ0n) is 21.7. The molecule has 2 aromatic rings. The molecular formula is C26H37N7O6. The van der Waals surface area contributed by atoms with Gasteiger partial charge in [0.15, 0.2) is 0 Å². The summed E-state index contributed by atoms with van der Waals surface area (Å²) in [5.74, 6) is -3.97. The lowest BCUT2D eigenvalue weighted by Gasteiger charge is -2.29. The number of amides is 4. The van der Waals surface area contributed by atoms with Gasteiger partial charge >= 0.3 is 5.97 Å². The Morgan fingerprint density at radius 2 is 1.79 bits per heavy atom. The van der Waals surface area contributed by atoms with Gasteiger partial charge in [-0.3, -0.25) is 19.2 Å². The number of H-pyrrole nitrogens is 1. The number of rotatable bonds is 14. The molecule has 0 saturated carbocycles. The van der Waals surface area contributed by atoms with Crippen molar-refractivity contribution >= 4 is 40.5 Å². The van der Waals surface area contributed by atoms with E-state index in [-0.39, 0.29) is 13.0 Å². The standard InChI is InChI=1S/C26H37N7O6/c27-10-4-3-7-17(28)23(35)31-19(13-22(29)34)24(36)32-20(25(37)33-11-5-9-21(33)26(38)39)12-15-14-30-18-8-2-1-6-16(15)18/h1-2,6,8,14,17,19-21,30H,3-5,7,9-13,27-28H2,(H2,29,34)(H,31,35)(H,32,36)(H,38,39). The van der Waals surface area contributed by atoms with Crippen LogP contribution in [0.15, 0.2) is 30.5 Å². The number of carboxylic acid groups (broad SMARTS) is 1. The number of para-hydroxylation sites is 1. The number of aromatic amines is 1. The lowest BCUT2D eigenvalue weighted by Crippen LogP contribution is -2.58. The number of carboxylic acids is 1. The molecule has 0 bridgehead atoms. The predicted octanol–water partition coefficient (Wildman–Crippen LogP) is -0.913. The van der Waals surface area contributed by atoms with Crippen molar-refractivity contribution in [2.75, 3.05) is 13.1 Å². The summed E-state index contributed by atoms with van der Waals surface area (Å²) in [5, 5.41) is 15.6. The number of unbranched alkanes of at least 4 members (excludes halogenated alkanes) is 1. The summed E-state index contributed by atoms with van der Waals surface area (Å²) in [6, 6.07) is 2.95. The molecule has 13 nitrogen and oxygen atoms in total. The highest BCUT2D eigenvalue weighted by molar-refractivity contribution is 5.96. The van der Waals surface area contributed by atoms with E-state index in [0.717, 1.165) is 16.5 Å². The summed E-state index contributed by atoms with van der Waals surface area (Å²) in [7, 11) is 0. The minimum Gasteiger partial charge on any atom is -0.480 e. The maximum absolute atomic E-state index is 13.6. The summed E-state index contributed by atoms with van der Waals surface area (Å²) in [5.41, 5.74) is 18.3. The summed E-state index contributed by atoms with van der Waals surface area (Å²) in [6.45, 7) is 0.682. The lowest BCUT2D eigenvalue weighted by atomic mass is 10.0. The van der Waals surface area contributed by atoms with Crippen LogP contribution in [-0.2, 0) is 30.4 Å². The van der Waals surface area contributed by atoms with Gasteiger partial charge in [-0.2, -0.15) is 0 Å². The number of benzene rings is 1. The van der Waals surface area contributed by atoms with E-state index in [4.69, 9.17) is 17.2 Å². The number of nitrogens with one attached hydrogen (secondary N) is 3. The summed E-state index contributed by atoms with van der Waals surface area (Å²) in [6.07, 6.45) is 3.70. The Kier molecular flexibility index (Phi) is 10.4. The highest BCUT2D eigenvalue weighted by Gasteiger charge is 2.39. The quantitative estimate of drug-likeness (QED) is 0.147. The molecular weight excluding hydrogens is 506 g/mol. The van der Waals surface area contributed by atoms with Crippen LogP contribution in [-0.4, -0.2) is 81.8 Å². The van der Waals surface area contributed by atoms with E-state index in [1.165, 1.54) is 4.90 Å². The fourth-order valence-corrected chi connectivity index (χ4v) is 4.81. The SMILES string of the molecule is NCCCCC(N)C(=O)NC(CC(N)=O)C(=O)NC(Cc1c[nH]c2ccccc12)C(=O)N1CCCC1C(=O)O. The number of hydrogen-bond donors (Lipinski definition) is 7. The van der Waals surface area contributed by atoms with Gasteiger partial charge in [-0.25, -0.2) is 4.79 Å². The Hall–Kier alpha value is -3.97. The van der Waals surface area contributed by atoms with Crippen molar-refractivity contribution in [3.8, 4) is 0 Å². The van der Waals surface area contributed by atoms with Gasteiger partial charge in [-0.1, -0.05) is 24.6 Å². The van der Waals surface area contributed by atoms with Crippen LogP contribution < -0.4 is 27.8 Å². The average Bonchev–Trinajstić information content (AvgIpc) is 3.55. The lowest BCUT2D eigenvalue weighted by molar-refractivity contribution is -0.149. The van der Waals surface area contributed by atoms with E-state index >= 15 is 0 Å². The number of primary amides is 1. The molecule has 10 N–H and O–H groups in total. The molecule has 1 aliphatic rings. The maximum Gasteiger partial charge on any atom is 0.326 e. The number of aromatic nitrogens is 1. The summed E-state index contributed by atoms with van der Waals surface area (Å²) < 4.78 is 0. The average molecular weight is 544 g/mol. The first kappa shape index (κ1) is 29.6. The van der Waals surface area contributed by atoms with Crippen molar-refractivity contribution in [2.24, 2.45) is 17.2 Å². The number of hydrogen-bond acceptors (Lipinski definition) is 7. The van der Waals surface area contributed by atoms with Crippen LogP contribution in [0.2, 0.25) is 0 Å². The normalized spacial score (nSPS) is 17.4. The number of fused-ring (bicyclic) bond motifs is 1. The fourth-order valence-electron chi connectivity index (χ4n) is 4.81. The molecule has 212 valence electrons. The number of aliphatic carboxylic acids is 1. The van der Waals surface area contributed by atoms with Gasteiger partial charge < -0.3 is 42.8 Å². The molecule has 1 fully saturated rings. The molecule has 4 amide bonds. The number of nitrogens with two attached hydrogens (primary N) is 3. The molecule has 1 aliphatic heterocycles. The van der Waals surface area contributed by atoms with Crippen molar-refractivity contribution in [2.45, 2.75) is 69.1 Å². The molecule has 3 rings (SSSR count). The topological polar surface area (TPSA) is 227 Å². The second-order valence-electron chi connectivity index (χ2n) is 9.78. The molecule has 0 aliphatic carbocycles. The highest BCUT2D eigenvalue weighted by atomic mass is 16.4. The minimum atomic E-state index is -1.37. The molecule has 0 spiro atoms. The molecule has 2 heterocycles. The zero-order chi connectivity index (χ0) is 28.5. The maximum atomic E-state index is 13.6. The number of carbonyl (C=O) groups excluding carboxylic acids is 4. The van der Waals surface area contributed by atoms with Crippen LogP contribution in [0.5, 0.6) is 0 Å². The molecule has 39 heavy (non-hydrogen) atoms.